The molecule has 5 nitrogen and oxygen atoms in total. The van der Waals surface area contributed by atoms with E-state index in [4.69, 9.17) is 4.84 Å². The third-order valence-corrected chi connectivity index (χ3v) is 5.93. The highest BCUT2D eigenvalue weighted by molar-refractivity contribution is 7.12. The van der Waals surface area contributed by atoms with Gasteiger partial charge in [-0.15, -0.1) is 23.7 Å². The molecule has 0 saturated carbocycles. The van der Waals surface area contributed by atoms with Gasteiger partial charge in [-0.05, 0) is 55.8 Å². The Balaban J connectivity index is 0.00000280. The number of nitrogens with zero attached hydrogens (tertiary/aromatic N) is 2. The third-order valence-electron chi connectivity index (χ3n) is 4.87. The van der Waals surface area contributed by atoms with E-state index < -0.39 is 5.97 Å². The van der Waals surface area contributed by atoms with Crippen LogP contribution in [0.25, 0.3) is 0 Å². The second-order valence-corrected chi connectivity index (χ2v) is 7.97. The summed E-state index contributed by atoms with van der Waals surface area (Å²) in [5.41, 5.74) is 4.30. The minimum Gasteiger partial charge on any atom is -0.481 e. The van der Waals surface area contributed by atoms with E-state index in [2.05, 4.69) is 47.5 Å². The number of aryl methyl sites for hydroxylation is 2. The summed E-state index contributed by atoms with van der Waals surface area (Å²) < 4.78 is 0. The van der Waals surface area contributed by atoms with Crippen LogP contribution in [0.1, 0.15) is 34.4 Å². The first kappa shape index (κ1) is 22.4. The fraction of sp³-hybridized carbons (Fsp3) is 0.429. The molecule has 0 aliphatic carbocycles. The molecule has 2 heterocycles. The zero-order valence-corrected chi connectivity index (χ0v) is 17.9. The van der Waals surface area contributed by atoms with E-state index in [1.165, 1.54) is 5.56 Å². The maximum absolute atomic E-state index is 11.2. The van der Waals surface area contributed by atoms with Gasteiger partial charge in [0.15, 0.2) is 0 Å². The third kappa shape index (κ3) is 5.80. The maximum atomic E-state index is 11.2. The predicted octanol–water partition coefficient (Wildman–Crippen LogP) is 4.35. The molecule has 3 rings (SSSR count). The molecule has 152 valence electrons. The lowest BCUT2D eigenvalue weighted by Crippen LogP contribution is -2.40. The Kier molecular flexibility index (Phi) is 8.48. The summed E-state index contributed by atoms with van der Waals surface area (Å²) in [7, 11) is 0. The fourth-order valence-electron chi connectivity index (χ4n) is 3.36. The Morgan fingerprint density at radius 2 is 2.14 bits per heavy atom. The molecule has 7 heteroatoms. The van der Waals surface area contributed by atoms with Crippen LogP contribution in [0, 0.1) is 19.8 Å². The Hall–Kier alpha value is -1.89. The number of hydrogen-bond acceptors (Lipinski definition) is 5. The van der Waals surface area contributed by atoms with Gasteiger partial charge in [-0.3, -0.25) is 9.69 Å². The van der Waals surface area contributed by atoms with Crippen LogP contribution in [0.3, 0.4) is 0 Å². The number of rotatable bonds is 7. The molecule has 1 aromatic carbocycles. The van der Waals surface area contributed by atoms with Gasteiger partial charge in [-0.25, -0.2) is 0 Å². The largest absolute Gasteiger partial charge is 0.481 e. The minimum absolute atomic E-state index is 0. The summed E-state index contributed by atoms with van der Waals surface area (Å²) in [5, 5.41) is 15.8. The maximum Gasteiger partial charge on any atom is 0.307 e. The molecule has 1 N–H and O–H groups in total. The predicted molar refractivity (Wildman–Crippen MR) is 116 cm³/mol. The molecule has 0 spiro atoms. The number of piperidine rings is 1. The van der Waals surface area contributed by atoms with Crippen molar-refractivity contribution in [3.63, 3.8) is 0 Å². The van der Waals surface area contributed by atoms with Crippen molar-refractivity contribution in [3.05, 3.63) is 57.3 Å². The number of aliphatic carboxylic acids is 1. The van der Waals surface area contributed by atoms with Gasteiger partial charge in [0.2, 0.25) is 0 Å². The average molecular weight is 423 g/mol. The number of thiophene rings is 1. The van der Waals surface area contributed by atoms with Crippen LogP contribution in [-0.2, 0) is 9.63 Å². The first-order chi connectivity index (χ1) is 13.0. The van der Waals surface area contributed by atoms with Crippen molar-refractivity contribution in [1.29, 1.82) is 0 Å². The number of benzene rings is 1. The van der Waals surface area contributed by atoms with E-state index in [9.17, 15) is 9.90 Å². The highest BCUT2D eigenvalue weighted by Gasteiger charge is 2.25. The molecular weight excluding hydrogens is 396 g/mol. The van der Waals surface area contributed by atoms with E-state index in [0.717, 1.165) is 41.1 Å². The van der Waals surface area contributed by atoms with Gasteiger partial charge in [0.05, 0.1) is 10.8 Å². The molecule has 0 unspecified atom stereocenters. The van der Waals surface area contributed by atoms with Crippen LogP contribution in [0.5, 0.6) is 0 Å². The number of carbonyl (C=O) groups is 1. The van der Waals surface area contributed by atoms with Gasteiger partial charge in [0, 0.05) is 18.7 Å². The lowest BCUT2D eigenvalue weighted by Gasteiger charge is -2.29. The number of oxime groups is 1. The number of hydrogen-bond donors (Lipinski definition) is 1. The lowest BCUT2D eigenvalue weighted by atomic mass is 9.98. The quantitative estimate of drug-likeness (QED) is 0.409. The van der Waals surface area contributed by atoms with Crippen molar-refractivity contribution in [2.45, 2.75) is 26.7 Å². The summed E-state index contributed by atoms with van der Waals surface area (Å²) in [6.45, 7) is 6.81. The Bertz CT molecular complexity index is 821. The van der Waals surface area contributed by atoms with Crippen LogP contribution >= 0.6 is 23.7 Å². The second-order valence-electron chi connectivity index (χ2n) is 7.05. The first-order valence-corrected chi connectivity index (χ1v) is 10.2. The van der Waals surface area contributed by atoms with Gasteiger partial charge in [-0.1, -0.05) is 29.4 Å². The van der Waals surface area contributed by atoms with E-state index in [1.54, 1.807) is 11.3 Å². The molecule has 0 bridgehead atoms. The van der Waals surface area contributed by atoms with Crippen LogP contribution in [0.15, 0.2) is 40.9 Å². The van der Waals surface area contributed by atoms with Gasteiger partial charge < -0.3 is 9.94 Å². The monoisotopic (exact) mass is 422 g/mol. The number of carboxylic acid groups (broad SMARTS) is 1. The molecule has 1 saturated heterocycles. The molecular formula is C21H27ClN2O3S. The van der Waals surface area contributed by atoms with E-state index in [-0.39, 0.29) is 18.3 Å². The lowest BCUT2D eigenvalue weighted by molar-refractivity contribution is -0.143. The average Bonchev–Trinajstić information content (AvgIpc) is 3.09. The van der Waals surface area contributed by atoms with Crippen molar-refractivity contribution in [1.82, 2.24) is 4.90 Å². The van der Waals surface area contributed by atoms with Crippen LogP contribution in [0.2, 0.25) is 0 Å². The van der Waals surface area contributed by atoms with Gasteiger partial charge >= 0.3 is 5.97 Å². The SMILES string of the molecule is Cc1csc(/C(=N\OCCN2CCC[C@H](C(=O)O)C2)c2ccccc2C)c1.Cl. The summed E-state index contributed by atoms with van der Waals surface area (Å²) in [6.07, 6.45) is 1.68. The van der Waals surface area contributed by atoms with Crippen LogP contribution in [0.4, 0.5) is 0 Å². The smallest absolute Gasteiger partial charge is 0.307 e. The second kappa shape index (κ2) is 10.6. The Morgan fingerprint density at radius 3 is 2.82 bits per heavy atom. The molecule has 0 radical (unpaired) electrons. The molecule has 0 amide bonds. The first-order valence-electron chi connectivity index (χ1n) is 9.31. The van der Waals surface area contributed by atoms with Crippen molar-refractivity contribution < 1.29 is 14.7 Å². The number of carboxylic acids is 1. The molecule has 28 heavy (non-hydrogen) atoms. The minimum atomic E-state index is -0.700. The van der Waals surface area contributed by atoms with Crippen molar-refractivity contribution >= 4 is 35.4 Å². The number of likely N-dealkylation sites (tertiary alicyclic amines) is 1. The van der Waals surface area contributed by atoms with Crippen molar-refractivity contribution in [2.75, 3.05) is 26.2 Å². The summed E-state index contributed by atoms with van der Waals surface area (Å²) in [5.74, 6) is -0.965. The summed E-state index contributed by atoms with van der Waals surface area (Å²) in [6, 6.07) is 10.3. The van der Waals surface area contributed by atoms with Gasteiger partial charge in [-0.2, -0.15) is 0 Å². The molecule has 1 aliphatic rings. The number of halogens is 1. The van der Waals surface area contributed by atoms with Crippen molar-refractivity contribution in [2.24, 2.45) is 11.1 Å². The van der Waals surface area contributed by atoms with Crippen molar-refractivity contribution in [3.8, 4) is 0 Å². The van der Waals surface area contributed by atoms with Crippen LogP contribution in [-0.4, -0.2) is 47.9 Å². The molecule has 2 aromatic rings. The summed E-state index contributed by atoms with van der Waals surface area (Å²) in [4.78, 5) is 20.1. The molecule has 1 aliphatic heterocycles. The van der Waals surface area contributed by atoms with E-state index >= 15 is 0 Å². The molecule has 1 atom stereocenters. The zero-order chi connectivity index (χ0) is 19.2. The zero-order valence-electron chi connectivity index (χ0n) is 16.3. The molecule has 1 aromatic heterocycles. The van der Waals surface area contributed by atoms with E-state index in [1.807, 2.05) is 12.1 Å². The van der Waals surface area contributed by atoms with E-state index in [0.29, 0.717) is 19.7 Å². The van der Waals surface area contributed by atoms with Gasteiger partial charge in [0.1, 0.15) is 12.3 Å². The highest BCUT2D eigenvalue weighted by atomic mass is 35.5. The highest BCUT2D eigenvalue weighted by Crippen LogP contribution is 2.21. The fourth-order valence-corrected chi connectivity index (χ4v) is 4.25. The standard InChI is InChI=1S/C21H26N2O3S.ClH/c1-15-12-19(27-14-15)20(18-8-4-3-6-16(18)2)22-26-11-10-23-9-5-7-17(13-23)21(24)25;/h3-4,6,8,12,14,17H,5,7,9-11,13H2,1-2H3,(H,24,25);1H/b22-20-;/t17-;/m0./s1. The van der Waals surface area contributed by atoms with Gasteiger partial charge in [0.25, 0.3) is 0 Å². The Morgan fingerprint density at radius 1 is 1.36 bits per heavy atom. The summed E-state index contributed by atoms with van der Waals surface area (Å²) >= 11 is 1.66. The van der Waals surface area contributed by atoms with Crippen LogP contribution < -0.4 is 0 Å². The topological polar surface area (TPSA) is 62.1 Å². The Labute approximate surface area is 176 Å². The normalized spacial score (nSPS) is 17.8. The molecule has 1 fully saturated rings.